The van der Waals surface area contributed by atoms with Crippen LogP contribution >= 0.6 is 0 Å². The minimum Gasteiger partial charge on any atom is -0.416 e. The zero-order chi connectivity index (χ0) is 14.7. The van der Waals surface area contributed by atoms with Crippen molar-refractivity contribution in [3.63, 3.8) is 0 Å². The first-order chi connectivity index (χ1) is 8.65. The summed E-state index contributed by atoms with van der Waals surface area (Å²) in [6.07, 6.45) is 0. The average molecular weight is 278 g/mol. The Balaban J connectivity index is 2.62. The van der Waals surface area contributed by atoms with E-state index in [4.69, 9.17) is 4.43 Å². The van der Waals surface area contributed by atoms with Crippen LogP contribution in [0.5, 0.6) is 0 Å². The predicted molar refractivity (Wildman–Crippen MR) is 83.1 cm³/mol. The third-order valence-corrected chi connectivity index (χ3v) is 8.51. The van der Waals surface area contributed by atoms with Crippen molar-refractivity contribution in [1.29, 1.82) is 0 Å². The van der Waals surface area contributed by atoms with Gasteiger partial charge >= 0.3 is 0 Å². The maximum atomic E-state index is 12.2. The van der Waals surface area contributed by atoms with Gasteiger partial charge in [-0.2, -0.15) is 0 Å². The van der Waals surface area contributed by atoms with E-state index < -0.39 is 8.32 Å². The molecule has 0 spiro atoms. The lowest BCUT2D eigenvalue weighted by Crippen LogP contribution is -2.42. The smallest absolute Gasteiger partial charge is 0.192 e. The Hall–Kier alpha value is -0.933. The second-order valence-electron chi connectivity index (χ2n) is 6.70. The van der Waals surface area contributed by atoms with Crippen LogP contribution < -0.4 is 0 Å². The third kappa shape index (κ3) is 4.29. The van der Waals surface area contributed by atoms with Gasteiger partial charge in [0, 0.05) is 18.1 Å². The van der Waals surface area contributed by atoms with Gasteiger partial charge in [-0.3, -0.25) is 4.79 Å². The molecule has 0 N–H and O–H groups in total. The molecule has 0 aliphatic carbocycles. The summed E-state index contributed by atoms with van der Waals surface area (Å²) < 4.78 is 6.12. The molecule has 0 fully saturated rings. The molecule has 0 aliphatic rings. The summed E-state index contributed by atoms with van der Waals surface area (Å²) in [5.41, 5.74) is 0.772. The van der Waals surface area contributed by atoms with Crippen LogP contribution in [0.4, 0.5) is 0 Å². The van der Waals surface area contributed by atoms with Crippen molar-refractivity contribution >= 4 is 14.1 Å². The van der Waals surface area contributed by atoms with Gasteiger partial charge < -0.3 is 4.43 Å². The van der Waals surface area contributed by atoms with Gasteiger partial charge in [0.25, 0.3) is 0 Å². The Bertz CT molecular complexity index is 418. The molecule has 1 aromatic carbocycles. The fourth-order valence-electron chi connectivity index (χ4n) is 1.51. The summed E-state index contributed by atoms with van der Waals surface area (Å²) in [6.45, 7) is 13.5. The SMILES string of the molecule is C[C@@H](CO[Si](C)(C)C(C)(C)C)C(=O)c1ccccc1. The molecule has 1 aromatic rings. The van der Waals surface area contributed by atoms with Crippen molar-refractivity contribution in [1.82, 2.24) is 0 Å². The molecule has 106 valence electrons. The first-order valence-corrected chi connectivity index (χ1v) is 9.79. The molecule has 1 rings (SSSR count). The van der Waals surface area contributed by atoms with Gasteiger partial charge in [-0.05, 0) is 18.1 Å². The Kier molecular flexibility index (Phi) is 5.10. The van der Waals surface area contributed by atoms with E-state index in [1.54, 1.807) is 0 Å². The highest BCUT2D eigenvalue weighted by atomic mass is 28.4. The van der Waals surface area contributed by atoms with Crippen LogP contribution in [0.15, 0.2) is 30.3 Å². The first kappa shape index (κ1) is 16.1. The van der Waals surface area contributed by atoms with E-state index >= 15 is 0 Å². The van der Waals surface area contributed by atoms with Crippen LogP contribution in [0.2, 0.25) is 18.1 Å². The maximum absolute atomic E-state index is 12.2. The van der Waals surface area contributed by atoms with E-state index in [1.165, 1.54) is 0 Å². The van der Waals surface area contributed by atoms with Gasteiger partial charge in [0.1, 0.15) is 0 Å². The fourth-order valence-corrected chi connectivity index (χ4v) is 2.61. The normalized spacial score (nSPS) is 14.2. The van der Waals surface area contributed by atoms with E-state index in [1.807, 2.05) is 37.3 Å². The quantitative estimate of drug-likeness (QED) is 0.584. The lowest BCUT2D eigenvalue weighted by Gasteiger charge is -2.36. The average Bonchev–Trinajstić information content (AvgIpc) is 2.35. The number of rotatable bonds is 5. The van der Waals surface area contributed by atoms with Crippen molar-refractivity contribution in [2.24, 2.45) is 5.92 Å². The third-order valence-electron chi connectivity index (χ3n) is 4.01. The molecule has 19 heavy (non-hydrogen) atoms. The van der Waals surface area contributed by atoms with Gasteiger partial charge in [0.2, 0.25) is 0 Å². The lowest BCUT2D eigenvalue weighted by atomic mass is 10.0. The topological polar surface area (TPSA) is 26.3 Å². The Morgan fingerprint density at radius 1 is 1.21 bits per heavy atom. The molecule has 0 radical (unpaired) electrons. The van der Waals surface area contributed by atoms with Gasteiger partial charge in [-0.25, -0.2) is 0 Å². The number of carbonyl (C=O) groups is 1. The van der Waals surface area contributed by atoms with Crippen molar-refractivity contribution in [2.45, 2.75) is 45.8 Å². The summed E-state index contributed by atoms with van der Waals surface area (Å²) in [7, 11) is -1.77. The molecule has 0 saturated heterocycles. The zero-order valence-electron chi connectivity index (χ0n) is 13.0. The number of carbonyl (C=O) groups excluding carboxylic acids is 1. The minimum absolute atomic E-state index is 0.0866. The monoisotopic (exact) mass is 278 g/mol. The van der Waals surface area contributed by atoms with E-state index in [-0.39, 0.29) is 16.7 Å². The van der Waals surface area contributed by atoms with Crippen LogP contribution in [-0.4, -0.2) is 20.7 Å². The van der Waals surface area contributed by atoms with Crippen LogP contribution in [0.3, 0.4) is 0 Å². The highest BCUT2D eigenvalue weighted by Gasteiger charge is 2.37. The number of ketones is 1. The van der Waals surface area contributed by atoms with Crippen LogP contribution in [0.1, 0.15) is 38.1 Å². The van der Waals surface area contributed by atoms with Crippen molar-refractivity contribution < 1.29 is 9.22 Å². The molecule has 0 heterocycles. The van der Waals surface area contributed by atoms with Gasteiger partial charge in [-0.15, -0.1) is 0 Å². The van der Waals surface area contributed by atoms with Gasteiger partial charge in [0.05, 0.1) is 0 Å². The van der Waals surface area contributed by atoms with E-state index in [9.17, 15) is 4.79 Å². The summed E-state index contributed by atoms with van der Waals surface area (Å²) in [5.74, 6) is 0.0795. The largest absolute Gasteiger partial charge is 0.416 e. The molecular formula is C16H26O2Si. The van der Waals surface area contributed by atoms with E-state index in [2.05, 4.69) is 33.9 Å². The standard InChI is InChI=1S/C16H26O2Si/c1-13(12-18-19(5,6)16(2,3)4)15(17)14-10-8-7-9-11-14/h7-11,13H,12H2,1-6H3/t13-/m0/s1. The lowest BCUT2D eigenvalue weighted by molar-refractivity contribution is 0.0882. The molecule has 1 atom stereocenters. The number of benzene rings is 1. The number of Topliss-reactive ketones (excluding diaryl/α,β-unsaturated/α-hetero) is 1. The summed E-state index contributed by atoms with van der Waals surface area (Å²) in [6, 6.07) is 9.45. The highest BCUT2D eigenvalue weighted by Crippen LogP contribution is 2.36. The van der Waals surface area contributed by atoms with Crippen LogP contribution in [0, 0.1) is 5.92 Å². The van der Waals surface area contributed by atoms with Crippen LogP contribution in [0.25, 0.3) is 0 Å². The van der Waals surface area contributed by atoms with Crippen molar-refractivity contribution in [3.05, 3.63) is 35.9 Å². The van der Waals surface area contributed by atoms with Gasteiger partial charge in [-0.1, -0.05) is 58.0 Å². The Morgan fingerprint density at radius 3 is 2.21 bits per heavy atom. The molecule has 0 bridgehead atoms. The maximum Gasteiger partial charge on any atom is 0.192 e. The van der Waals surface area contributed by atoms with Crippen molar-refractivity contribution in [3.8, 4) is 0 Å². The zero-order valence-corrected chi connectivity index (χ0v) is 14.0. The molecule has 0 amide bonds. The highest BCUT2D eigenvalue weighted by molar-refractivity contribution is 6.74. The van der Waals surface area contributed by atoms with Gasteiger partial charge in [0.15, 0.2) is 14.1 Å². The summed E-state index contributed by atoms with van der Waals surface area (Å²) in [5, 5.41) is 0.183. The minimum atomic E-state index is -1.77. The first-order valence-electron chi connectivity index (χ1n) is 6.88. The molecular weight excluding hydrogens is 252 g/mol. The number of hydrogen-bond acceptors (Lipinski definition) is 2. The second-order valence-corrected chi connectivity index (χ2v) is 11.5. The summed E-state index contributed by atoms with van der Waals surface area (Å²) in [4.78, 5) is 12.2. The van der Waals surface area contributed by atoms with E-state index in [0.717, 1.165) is 5.56 Å². The molecule has 0 aromatic heterocycles. The Morgan fingerprint density at radius 2 is 1.74 bits per heavy atom. The molecule has 2 nitrogen and oxygen atoms in total. The second kappa shape index (κ2) is 6.01. The Labute approximate surface area is 118 Å². The molecule has 0 saturated carbocycles. The molecule has 0 unspecified atom stereocenters. The predicted octanol–water partition coefficient (Wildman–Crippen LogP) is 4.53. The van der Waals surface area contributed by atoms with Crippen LogP contribution in [-0.2, 0) is 4.43 Å². The van der Waals surface area contributed by atoms with E-state index in [0.29, 0.717) is 6.61 Å². The fraction of sp³-hybridized carbons (Fsp3) is 0.562. The molecule has 3 heteroatoms. The number of hydrogen-bond donors (Lipinski definition) is 0. The summed E-state index contributed by atoms with van der Waals surface area (Å²) >= 11 is 0. The molecule has 0 aliphatic heterocycles. The van der Waals surface area contributed by atoms with Crippen molar-refractivity contribution in [2.75, 3.05) is 6.61 Å².